The van der Waals surface area contributed by atoms with E-state index in [1.807, 2.05) is 61.6 Å². The van der Waals surface area contributed by atoms with Crippen molar-refractivity contribution in [2.24, 2.45) is 0 Å². The van der Waals surface area contributed by atoms with Crippen molar-refractivity contribution in [3.63, 3.8) is 0 Å². The van der Waals surface area contributed by atoms with Crippen LogP contribution in [0.15, 0.2) is 85.4 Å². The Balaban J connectivity index is 0.000000453. The third kappa shape index (κ3) is 6.66. The largest absolute Gasteiger partial charge is 2.00 e. The van der Waals surface area contributed by atoms with E-state index < -0.39 is 0 Å². The molecular weight excluding hydrogens is 670 g/mol. The first-order chi connectivity index (χ1) is 17.2. The van der Waals surface area contributed by atoms with Crippen LogP contribution in [0.25, 0.3) is 22.3 Å². The molecule has 0 spiro atoms. The Bertz CT molecular complexity index is 1220. The molecule has 2 aromatic carbocycles. The van der Waals surface area contributed by atoms with Crippen molar-refractivity contribution in [3.8, 4) is 11.3 Å². The zero-order valence-electron chi connectivity index (χ0n) is 21.0. The van der Waals surface area contributed by atoms with Gasteiger partial charge in [-0.05, 0) is 25.3 Å². The topological polar surface area (TPSA) is 58.9 Å². The summed E-state index contributed by atoms with van der Waals surface area (Å²) in [6, 6.07) is 23.8. The molecule has 0 atom stereocenters. The van der Waals surface area contributed by atoms with Gasteiger partial charge in [-0.2, -0.15) is 71.8 Å². The van der Waals surface area contributed by atoms with E-state index in [-0.39, 0.29) is 31.1 Å². The van der Waals surface area contributed by atoms with E-state index in [1.54, 1.807) is 6.33 Å². The molecule has 1 aliphatic rings. The standard InChI is InChI=1S/C23H27N6.C6H5.U/c1-4-5-9-17(2)28-14-12-19(13-15-28)29-23-20(22(24-3)25-16-26-23)21(27-29)18-10-7-6-8-11-18;1-2-4-6-5-3-1;/h5,7-11,16,19H,2,4,12-15H2,1,3H3,(H,24,25,26);1-5H;/q2*-1;+2/b9-5+;;. The number of allylic oxidation sites excluding steroid dienone is 2. The number of piperidine rings is 1. The Morgan fingerprint density at radius 3 is 2.36 bits per heavy atom. The van der Waals surface area contributed by atoms with E-state index in [4.69, 9.17) is 5.10 Å². The van der Waals surface area contributed by atoms with Gasteiger partial charge in [0.15, 0.2) is 5.65 Å². The van der Waals surface area contributed by atoms with Gasteiger partial charge in [0, 0.05) is 25.8 Å². The minimum atomic E-state index is 0. The Morgan fingerprint density at radius 1 is 1.08 bits per heavy atom. The molecule has 1 fully saturated rings. The molecule has 0 bridgehead atoms. The molecule has 4 aromatic rings. The van der Waals surface area contributed by atoms with Crippen molar-refractivity contribution < 1.29 is 31.1 Å². The maximum absolute atomic E-state index is 5.02. The maximum Gasteiger partial charge on any atom is 2.00 e. The molecular formula is C29H32N6U. The SMILES string of the molecule is C=C(/C=C/CC)N1CCC(n2nc(-c3cc[c-]cc3)c3c(NC)ncnc32)CC1.[U+2].[c-]1ccccc1. The third-order valence-corrected chi connectivity index (χ3v) is 6.09. The molecule has 2 aromatic heterocycles. The van der Waals surface area contributed by atoms with Gasteiger partial charge in [0.2, 0.25) is 0 Å². The van der Waals surface area contributed by atoms with Crippen molar-refractivity contribution in [3.05, 3.63) is 97.5 Å². The van der Waals surface area contributed by atoms with Crippen LogP contribution in [0.3, 0.4) is 0 Å². The molecule has 0 saturated carbocycles. The molecule has 6 nitrogen and oxygen atoms in total. The normalized spacial score (nSPS) is 13.7. The second-order valence-corrected chi connectivity index (χ2v) is 8.35. The molecule has 182 valence electrons. The van der Waals surface area contributed by atoms with Gasteiger partial charge < -0.3 is 10.2 Å². The maximum atomic E-state index is 5.02. The van der Waals surface area contributed by atoms with Gasteiger partial charge in [0.1, 0.15) is 12.1 Å². The van der Waals surface area contributed by atoms with Gasteiger partial charge in [0.25, 0.3) is 0 Å². The zero-order valence-corrected chi connectivity index (χ0v) is 25.1. The Kier molecular flexibility index (Phi) is 10.8. The van der Waals surface area contributed by atoms with Gasteiger partial charge >= 0.3 is 31.1 Å². The first-order valence-electron chi connectivity index (χ1n) is 12.1. The second kappa shape index (κ2) is 14.0. The number of rotatable bonds is 6. The summed E-state index contributed by atoms with van der Waals surface area (Å²) >= 11 is 0. The molecule has 0 radical (unpaired) electrons. The predicted molar refractivity (Wildman–Crippen MR) is 143 cm³/mol. The molecule has 36 heavy (non-hydrogen) atoms. The summed E-state index contributed by atoms with van der Waals surface area (Å²) < 4.78 is 2.10. The van der Waals surface area contributed by atoms with Gasteiger partial charge in [-0.3, -0.25) is 0 Å². The molecule has 0 unspecified atom stereocenters. The number of anilines is 1. The van der Waals surface area contributed by atoms with Gasteiger partial charge in [-0.15, -0.1) is 5.56 Å². The quantitative estimate of drug-likeness (QED) is 0.199. The summed E-state index contributed by atoms with van der Waals surface area (Å²) in [5.74, 6) is 0.805. The summed E-state index contributed by atoms with van der Waals surface area (Å²) in [7, 11) is 1.88. The van der Waals surface area contributed by atoms with Crippen molar-refractivity contribution in [2.75, 3.05) is 25.5 Å². The van der Waals surface area contributed by atoms with E-state index in [2.05, 4.69) is 62.7 Å². The molecule has 0 amide bonds. The number of hydrogen-bond donors (Lipinski definition) is 1. The Morgan fingerprint density at radius 2 is 1.78 bits per heavy atom. The van der Waals surface area contributed by atoms with Crippen LogP contribution in [-0.4, -0.2) is 44.8 Å². The van der Waals surface area contributed by atoms with Crippen LogP contribution >= 0.6 is 0 Å². The van der Waals surface area contributed by atoms with E-state index in [1.165, 1.54) is 0 Å². The van der Waals surface area contributed by atoms with Crippen molar-refractivity contribution in [2.45, 2.75) is 32.2 Å². The van der Waals surface area contributed by atoms with E-state index in [0.717, 1.165) is 66.2 Å². The van der Waals surface area contributed by atoms with Crippen LogP contribution in [0.4, 0.5) is 5.82 Å². The summed E-state index contributed by atoms with van der Waals surface area (Å²) in [6.07, 6.45) is 8.95. The van der Waals surface area contributed by atoms with Gasteiger partial charge in [0.05, 0.1) is 17.1 Å². The van der Waals surface area contributed by atoms with Crippen LogP contribution < -0.4 is 5.32 Å². The Hall–Kier alpha value is -2.88. The Labute approximate surface area is 237 Å². The molecule has 5 rings (SSSR count). The fourth-order valence-corrected chi connectivity index (χ4v) is 4.26. The summed E-state index contributed by atoms with van der Waals surface area (Å²) in [4.78, 5) is 11.4. The minimum Gasteiger partial charge on any atom is -0.372 e. The monoisotopic (exact) mass is 702 g/mol. The zero-order chi connectivity index (χ0) is 24.5. The average molecular weight is 703 g/mol. The van der Waals surface area contributed by atoms with E-state index >= 15 is 0 Å². The van der Waals surface area contributed by atoms with Crippen LogP contribution in [0.1, 0.15) is 32.2 Å². The first kappa shape index (κ1) is 27.7. The van der Waals surface area contributed by atoms with Gasteiger partial charge in [-0.1, -0.05) is 19.6 Å². The van der Waals surface area contributed by atoms with E-state index in [0.29, 0.717) is 6.04 Å². The predicted octanol–water partition coefficient (Wildman–Crippen LogP) is 5.94. The number of likely N-dealkylation sites (tertiary alicyclic amines) is 1. The molecule has 3 heterocycles. The number of aromatic nitrogens is 4. The average Bonchev–Trinajstić information content (AvgIpc) is 3.33. The van der Waals surface area contributed by atoms with Crippen LogP contribution in [0, 0.1) is 43.2 Å². The molecule has 0 aliphatic carbocycles. The number of benzene rings is 2. The molecule has 7 heteroatoms. The van der Waals surface area contributed by atoms with Crippen LogP contribution in [-0.2, 0) is 0 Å². The van der Waals surface area contributed by atoms with Crippen molar-refractivity contribution in [1.29, 1.82) is 0 Å². The number of hydrogen-bond acceptors (Lipinski definition) is 5. The summed E-state index contributed by atoms with van der Waals surface area (Å²) in [6.45, 7) is 8.30. The fourth-order valence-electron chi connectivity index (χ4n) is 4.26. The van der Waals surface area contributed by atoms with Gasteiger partial charge in [-0.25, -0.2) is 14.6 Å². The van der Waals surface area contributed by atoms with Crippen LogP contribution in [0.5, 0.6) is 0 Å². The first-order valence-corrected chi connectivity index (χ1v) is 12.1. The minimum absolute atomic E-state index is 0. The third-order valence-electron chi connectivity index (χ3n) is 6.09. The van der Waals surface area contributed by atoms with Crippen LogP contribution in [0.2, 0.25) is 0 Å². The number of nitrogens with one attached hydrogen (secondary N) is 1. The summed E-state index contributed by atoms with van der Waals surface area (Å²) in [5.41, 5.74) is 3.94. The fraction of sp³-hybridized carbons (Fsp3) is 0.276. The second-order valence-electron chi connectivity index (χ2n) is 8.35. The van der Waals surface area contributed by atoms with Crippen molar-refractivity contribution >= 4 is 16.9 Å². The van der Waals surface area contributed by atoms with E-state index in [9.17, 15) is 0 Å². The number of nitrogens with zero attached hydrogens (tertiary/aromatic N) is 5. The smallest absolute Gasteiger partial charge is 0.372 e. The number of fused-ring (bicyclic) bond motifs is 1. The summed E-state index contributed by atoms with van der Waals surface area (Å²) in [5, 5.41) is 9.19. The molecule has 1 N–H and O–H groups in total. The molecule has 1 saturated heterocycles. The van der Waals surface area contributed by atoms with Crippen molar-refractivity contribution in [1.82, 2.24) is 24.6 Å². The molecule has 1 aliphatic heterocycles.